The second-order valence-electron chi connectivity index (χ2n) is 3.60. The first-order valence-electron chi connectivity index (χ1n) is 4.89. The van der Waals surface area contributed by atoms with Crippen LogP contribution in [0.2, 0.25) is 0 Å². The summed E-state index contributed by atoms with van der Waals surface area (Å²) in [5, 5.41) is 9.08. The molecule has 0 aromatic heterocycles. The highest BCUT2D eigenvalue weighted by atomic mass is 16.1. The molecule has 0 radical (unpaired) electrons. The molecule has 4 nitrogen and oxygen atoms in total. The van der Waals surface area contributed by atoms with Crippen LogP contribution in [0.5, 0.6) is 0 Å². The average Bonchev–Trinajstić information content (AvgIpc) is 2.18. The molecule has 1 aromatic carbocycles. The second kappa shape index (κ2) is 5.11. The first kappa shape index (κ1) is 12.0. The lowest BCUT2D eigenvalue weighted by Gasteiger charge is -2.01. The fourth-order valence-corrected chi connectivity index (χ4v) is 1.28. The number of guanidine groups is 1. The minimum Gasteiger partial charge on any atom is -0.370 e. The Morgan fingerprint density at radius 2 is 2.12 bits per heavy atom. The monoisotopic (exact) mass is 217 g/mol. The molecule has 0 saturated heterocycles. The van der Waals surface area contributed by atoms with Gasteiger partial charge in [0.15, 0.2) is 5.96 Å². The van der Waals surface area contributed by atoms with Crippen LogP contribution in [0, 0.1) is 19.3 Å². The first-order chi connectivity index (χ1) is 7.49. The van der Waals surface area contributed by atoms with Crippen molar-refractivity contribution in [3.05, 3.63) is 41.0 Å². The summed E-state index contributed by atoms with van der Waals surface area (Å²) in [5.41, 5.74) is 8.25. The van der Waals surface area contributed by atoms with Gasteiger partial charge in [0, 0.05) is 6.08 Å². The first-order valence-corrected chi connectivity index (χ1v) is 4.89. The zero-order chi connectivity index (χ0) is 12.1. The molecular weight excluding hydrogens is 202 g/mol. The third-order valence-electron chi connectivity index (χ3n) is 2.11. The molecule has 0 aliphatic heterocycles. The largest absolute Gasteiger partial charge is 0.370 e. The minimum absolute atomic E-state index is 0.351. The topological polar surface area (TPSA) is 79.0 Å². The Labute approximate surface area is 94.7 Å². The zero-order valence-corrected chi connectivity index (χ0v) is 9.37. The van der Waals surface area contributed by atoms with Crippen LogP contribution in [0.15, 0.2) is 24.3 Å². The van der Waals surface area contributed by atoms with Gasteiger partial charge in [-0.1, -0.05) is 23.8 Å². The van der Waals surface area contributed by atoms with Gasteiger partial charge in [0.1, 0.15) is 0 Å². The fraction of sp³-hybridized carbons (Fsp3) is 0.167. The van der Waals surface area contributed by atoms with Crippen molar-refractivity contribution in [3.63, 3.8) is 0 Å². The van der Waals surface area contributed by atoms with Crippen LogP contribution in [-0.2, 0) is 4.79 Å². The van der Waals surface area contributed by atoms with E-state index in [1.165, 1.54) is 6.08 Å². The molecule has 4 heteroatoms. The van der Waals surface area contributed by atoms with E-state index in [0.717, 1.165) is 16.7 Å². The quantitative estimate of drug-likeness (QED) is 0.397. The summed E-state index contributed by atoms with van der Waals surface area (Å²) in [6.07, 6.45) is 3.07. The molecule has 1 rings (SSSR count). The summed E-state index contributed by atoms with van der Waals surface area (Å²) in [7, 11) is 0. The molecular formula is C12H15N3O. The van der Waals surface area contributed by atoms with Crippen LogP contribution in [-0.4, -0.2) is 11.9 Å². The lowest BCUT2D eigenvalue weighted by Crippen LogP contribution is -2.34. The highest BCUT2D eigenvalue weighted by molar-refractivity contribution is 6.02. The standard InChI is InChI=1S/C12H15N3O/c1-8-3-4-9(2)10(7-8)5-6-11(16)15-12(13)14/h3-7H,1-2H3,(H4,13,14,15,16). The molecule has 0 heterocycles. The normalized spacial score (nSPS) is 10.4. The van der Waals surface area contributed by atoms with Crippen LogP contribution in [0.25, 0.3) is 6.08 Å². The Kier molecular flexibility index (Phi) is 3.83. The number of nitrogens with one attached hydrogen (secondary N) is 2. The van der Waals surface area contributed by atoms with Crippen molar-refractivity contribution >= 4 is 17.9 Å². The molecule has 1 aromatic rings. The Hall–Kier alpha value is -2.10. The van der Waals surface area contributed by atoms with E-state index in [1.54, 1.807) is 6.08 Å². The maximum absolute atomic E-state index is 11.2. The summed E-state index contributed by atoms with van der Waals surface area (Å²) in [6, 6.07) is 6.01. The van der Waals surface area contributed by atoms with Crippen molar-refractivity contribution in [2.75, 3.05) is 0 Å². The van der Waals surface area contributed by atoms with Gasteiger partial charge in [-0.3, -0.25) is 15.5 Å². The van der Waals surface area contributed by atoms with E-state index >= 15 is 0 Å². The molecule has 16 heavy (non-hydrogen) atoms. The van der Waals surface area contributed by atoms with E-state index in [9.17, 15) is 4.79 Å². The number of carbonyl (C=O) groups is 1. The van der Waals surface area contributed by atoms with Gasteiger partial charge in [-0.15, -0.1) is 0 Å². The van der Waals surface area contributed by atoms with E-state index in [-0.39, 0.29) is 5.96 Å². The van der Waals surface area contributed by atoms with Crippen LogP contribution in [0.3, 0.4) is 0 Å². The van der Waals surface area contributed by atoms with E-state index in [4.69, 9.17) is 11.1 Å². The number of hydrogen-bond acceptors (Lipinski definition) is 2. The lowest BCUT2D eigenvalue weighted by molar-refractivity contribution is -0.115. The molecule has 1 amide bonds. The number of aryl methyl sites for hydroxylation is 2. The van der Waals surface area contributed by atoms with Gasteiger partial charge in [-0.25, -0.2) is 0 Å². The molecule has 0 unspecified atom stereocenters. The minimum atomic E-state index is -0.395. The third-order valence-corrected chi connectivity index (χ3v) is 2.11. The summed E-state index contributed by atoms with van der Waals surface area (Å²) < 4.78 is 0. The molecule has 84 valence electrons. The number of benzene rings is 1. The van der Waals surface area contributed by atoms with Gasteiger partial charge in [0.2, 0.25) is 0 Å². The molecule has 4 N–H and O–H groups in total. The van der Waals surface area contributed by atoms with Gasteiger partial charge in [0.05, 0.1) is 0 Å². The van der Waals surface area contributed by atoms with E-state index in [2.05, 4.69) is 5.32 Å². The van der Waals surface area contributed by atoms with Crippen LogP contribution < -0.4 is 11.1 Å². The molecule has 0 spiro atoms. The van der Waals surface area contributed by atoms with Crippen LogP contribution in [0.4, 0.5) is 0 Å². The average molecular weight is 217 g/mol. The van der Waals surface area contributed by atoms with Crippen molar-refractivity contribution in [1.82, 2.24) is 5.32 Å². The van der Waals surface area contributed by atoms with Gasteiger partial charge in [0.25, 0.3) is 5.91 Å². The van der Waals surface area contributed by atoms with Crippen molar-refractivity contribution in [2.24, 2.45) is 5.73 Å². The predicted molar refractivity (Wildman–Crippen MR) is 65.0 cm³/mol. The Bertz CT molecular complexity index is 450. The number of rotatable bonds is 2. The summed E-state index contributed by atoms with van der Waals surface area (Å²) >= 11 is 0. The Morgan fingerprint density at radius 1 is 1.44 bits per heavy atom. The molecule has 0 aliphatic rings. The van der Waals surface area contributed by atoms with Gasteiger partial charge in [-0.2, -0.15) is 0 Å². The van der Waals surface area contributed by atoms with E-state index in [1.807, 2.05) is 32.0 Å². The van der Waals surface area contributed by atoms with E-state index < -0.39 is 5.91 Å². The Balaban J connectivity index is 2.79. The van der Waals surface area contributed by atoms with Gasteiger partial charge in [-0.05, 0) is 31.1 Å². The SMILES string of the molecule is Cc1ccc(C)c(C=CC(=O)NC(=N)N)c1. The molecule has 0 atom stereocenters. The van der Waals surface area contributed by atoms with Crippen LogP contribution >= 0.6 is 0 Å². The highest BCUT2D eigenvalue weighted by Gasteiger charge is 1.98. The molecule has 0 saturated carbocycles. The zero-order valence-electron chi connectivity index (χ0n) is 9.37. The smallest absolute Gasteiger partial charge is 0.250 e. The second-order valence-corrected chi connectivity index (χ2v) is 3.60. The number of amides is 1. The maximum atomic E-state index is 11.2. The third kappa shape index (κ3) is 3.57. The molecule has 0 fully saturated rings. The van der Waals surface area contributed by atoms with Crippen molar-refractivity contribution in [3.8, 4) is 0 Å². The maximum Gasteiger partial charge on any atom is 0.250 e. The number of nitrogens with two attached hydrogens (primary N) is 1. The summed E-state index contributed by atoms with van der Waals surface area (Å²) in [5.74, 6) is -0.746. The van der Waals surface area contributed by atoms with Crippen molar-refractivity contribution < 1.29 is 4.79 Å². The fourth-order valence-electron chi connectivity index (χ4n) is 1.28. The van der Waals surface area contributed by atoms with Gasteiger partial charge < -0.3 is 5.73 Å². The Morgan fingerprint density at radius 3 is 2.75 bits per heavy atom. The number of hydrogen-bond donors (Lipinski definition) is 3. The van der Waals surface area contributed by atoms with Gasteiger partial charge >= 0.3 is 0 Å². The highest BCUT2D eigenvalue weighted by Crippen LogP contribution is 2.11. The van der Waals surface area contributed by atoms with Crippen molar-refractivity contribution in [2.45, 2.75) is 13.8 Å². The van der Waals surface area contributed by atoms with Crippen LogP contribution in [0.1, 0.15) is 16.7 Å². The number of carbonyl (C=O) groups excluding carboxylic acids is 1. The lowest BCUT2D eigenvalue weighted by atomic mass is 10.1. The summed E-state index contributed by atoms with van der Waals surface area (Å²) in [4.78, 5) is 11.2. The predicted octanol–water partition coefficient (Wildman–Crippen LogP) is 1.33. The summed E-state index contributed by atoms with van der Waals surface area (Å²) in [6.45, 7) is 3.97. The van der Waals surface area contributed by atoms with Crippen molar-refractivity contribution in [1.29, 1.82) is 5.41 Å². The molecule has 0 aliphatic carbocycles. The molecule has 0 bridgehead atoms. The van der Waals surface area contributed by atoms with E-state index in [0.29, 0.717) is 0 Å².